The van der Waals surface area contributed by atoms with E-state index < -0.39 is 34.8 Å². The van der Waals surface area contributed by atoms with Crippen LogP contribution in [0.1, 0.15) is 16.7 Å². The van der Waals surface area contributed by atoms with E-state index in [2.05, 4.69) is 10.5 Å². The van der Waals surface area contributed by atoms with Crippen LogP contribution in [0.5, 0.6) is 0 Å². The first-order valence-corrected chi connectivity index (χ1v) is 12.4. The molecule has 178 valence electrons. The second kappa shape index (κ2) is 11.3. The largest absolute Gasteiger partial charge is 0.272 e. The lowest BCUT2D eigenvalue weighted by atomic mass is 10.2. The molecule has 0 aliphatic heterocycles. The third kappa shape index (κ3) is 6.55. The zero-order chi connectivity index (χ0) is 24.9. The minimum Gasteiger partial charge on any atom is -0.272 e. The molecule has 3 aromatic carbocycles. The van der Waals surface area contributed by atoms with Crippen LogP contribution < -0.4 is 5.43 Å². The topological polar surface area (TPSA) is 78.8 Å². The Kier molecular flexibility index (Phi) is 8.67. The number of halogens is 4. The average Bonchev–Trinajstić information content (AvgIpc) is 2.78. The van der Waals surface area contributed by atoms with E-state index in [1.165, 1.54) is 36.5 Å². The number of sulfonamides is 1. The van der Waals surface area contributed by atoms with Gasteiger partial charge in [-0.3, -0.25) is 4.79 Å². The van der Waals surface area contributed by atoms with Gasteiger partial charge in [0, 0.05) is 17.1 Å². The van der Waals surface area contributed by atoms with Gasteiger partial charge in [-0.25, -0.2) is 18.2 Å². The van der Waals surface area contributed by atoms with Crippen LogP contribution >= 0.6 is 34.8 Å². The van der Waals surface area contributed by atoms with Crippen molar-refractivity contribution < 1.29 is 17.6 Å². The number of aryl methyl sites for hydroxylation is 1. The molecule has 0 aliphatic rings. The van der Waals surface area contributed by atoms with Crippen molar-refractivity contribution in [3.05, 3.63) is 98.2 Å². The van der Waals surface area contributed by atoms with Crippen LogP contribution in [-0.2, 0) is 21.4 Å². The second-order valence-corrected chi connectivity index (χ2v) is 10.4. The van der Waals surface area contributed by atoms with Gasteiger partial charge in [0.1, 0.15) is 5.82 Å². The molecule has 0 saturated carbocycles. The molecule has 3 rings (SSSR count). The number of rotatable bonds is 8. The minimum absolute atomic E-state index is 0.0437. The van der Waals surface area contributed by atoms with E-state index in [0.717, 1.165) is 9.87 Å². The Morgan fingerprint density at radius 1 is 1.03 bits per heavy atom. The van der Waals surface area contributed by atoms with Crippen LogP contribution in [0.2, 0.25) is 15.1 Å². The molecule has 3 aromatic rings. The standard InChI is InChI=1S/C23H19Cl3FN3O3S/c1-15-5-8-17(9-6-15)34(32,33)30(13-18-19(24)3-2-4-22(18)27)14-23(31)29-28-12-16-7-10-20(25)21(26)11-16/h2-12H,13-14H2,1H3,(H,29,31)/b28-12-. The van der Waals surface area contributed by atoms with Crippen molar-refractivity contribution in [3.8, 4) is 0 Å². The molecule has 0 saturated heterocycles. The molecule has 0 aromatic heterocycles. The first kappa shape index (κ1) is 26.1. The van der Waals surface area contributed by atoms with Gasteiger partial charge in [-0.1, -0.05) is 64.6 Å². The number of nitrogens with one attached hydrogen (secondary N) is 1. The second-order valence-electron chi connectivity index (χ2n) is 7.25. The van der Waals surface area contributed by atoms with Gasteiger partial charge in [-0.05, 0) is 48.9 Å². The molecule has 1 N–H and O–H groups in total. The quantitative estimate of drug-likeness (QED) is 0.304. The maximum atomic E-state index is 14.4. The number of hydrogen-bond donors (Lipinski definition) is 1. The van der Waals surface area contributed by atoms with Crippen molar-refractivity contribution in [1.29, 1.82) is 0 Å². The molecule has 6 nitrogen and oxygen atoms in total. The zero-order valence-corrected chi connectivity index (χ0v) is 20.9. The summed E-state index contributed by atoms with van der Waals surface area (Å²) in [6, 6.07) is 14.9. The van der Waals surface area contributed by atoms with Crippen molar-refractivity contribution in [1.82, 2.24) is 9.73 Å². The van der Waals surface area contributed by atoms with Gasteiger partial charge in [0.2, 0.25) is 10.0 Å². The average molecular weight is 543 g/mol. The van der Waals surface area contributed by atoms with Crippen LogP contribution in [-0.4, -0.2) is 31.4 Å². The van der Waals surface area contributed by atoms with Crippen LogP contribution in [0, 0.1) is 12.7 Å². The Labute approximate surface area is 212 Å². The summed E-state index contributed by atoms with van der Waals surface area (Å²) < 4.78 is 41.8. The predicted octanol–water partition coefficient (Wildman–Crippen LogP) is 5.44. The fourth-order valence-electron chi connectivity index (χ4n) is 2.91. The maximum absolute atomic E-state index is 14.4. The molecule has 1 amide bonds. The molecule has 11 heteroatoms. The molecule has 0 atom stereocenters. The van der Waals surface area contributed by atoms with Crippen molar-refractivity contribution in [2.75, 3.05) is 6.54 Å². The van der Waals surface area contributed by atoms with Gasteiger partial charge >= 0.3 is 0 Å². The summed E-state index contributed by atoms with van der Waals surface area (Å²) in [4.78, 5) is 12.5. The molecular formula is C23H19Cl3FN3O3S. The molecule has 0 radical (unpaired) electrons. The molecule has 34 heavy (non-hydrogen) atoms. The first-order valence-electron chi connectivity index (χ1n) is 9.84. The first-order chi connectivity index (χ1) is 16.1. The van der Waals surface area contributed by atoms with Crippen LogP contribution in [0.15, 0.2) is 70.7 Å². The normalized spacial score (nSPS) is 11.8. The summed E-state index contributed by atoms with van der Waals surface area (Å²) in [7, 11) is -4.17. The Morgan fingerprint density at radius 3 is 2.38 bits per heavy atom. The Balaban J connectivity index is 1.84. The monoisotopic (exact) mass is 541 g/mol. The van der Waals surface area contributed by atoms with E-state index in [4.69, 9.17) is 34.8 Å². The summed E-state index contributed by atoms with van der Waals surface area (Å²) in [5.74, 6) is -1.42. The fraction of sp³-hybridized carbons (Fsp3) is 0.130. The predicted molar refractivity (Wildman–Crippen MR) is 132 cm³/mol. The molecule has 0 aliphatic carbocycles. The Hall–Kier alpha value is -2.49. The van der Waals surface area contributed by atoms with Crippen molar-refractivity contribution >= 4 is 56.9 Å². The van der Waals surface area contributed by atoms with Gasteiger partial charge < -0.3 is 0 Å². The summed E-state index contributed by atoms with van der Waals surface area (Å²) >= 11 is 17.9. The number of benzene rings is 3. The van der Waals surface area contributed by atoms with Gasteiger partial charge in [-0.15, -0.1) is 0 Å². The molecule has 0 bridgehead atoms. The fourth-order valence-corrected chi connectivity index (χ4v) is 4.81. The number of carbonyl (C=O) groups excluding carboxylic acids is 1. The lowest BCUT2D eigenvalue weighted by Crippen LogP contribution is -2.39. The van der Waals surface area contributed by atoms with E-state index in [9.17, 15) is 17.6 Å². The van der Waals surface area contributed by atoms with Gasteiger partial charge in [-0.2, -0.15) is 9.41 Å². The summed E-state index contributed by atoms with van der Waals surface area (Å²) in [6.45, 7) is 0.734. The third-order valence-corrected chi connectivity index (χ3v) is 7.62. The van der Waals surface area contributed by atoms with Crippen LogP contribution in [0.3, 0.4) is 0 Å². The number of hydrogen-bond acceptors (Lipinski definition) is 4. The lowest BCUT2D eigenvalue weighted by molar-refractivity contribution is -0.121. The van der Waals surface area contributed by atoms with Crippen LogP contribution in [0.4, 0.5) is 4.39 Å². The highest BCUT2D eigenvalue weighted by molar-refractivity contribution is 7.89. The van der Waals surface area contributed by atoms with Gasteiger partial charge in [0.05, 0.1) is 27.7 Å². The number of amides is 1. The Bertz CT molecular complexity index is 1310. The number of nitrogens with zero attached hydrogens (tertiary/aromatic N) is 2. The Morgan fingerprint density at radius 2 is 1.74 bits per heavy atom. The van der Waals surface area contributed by atoms with E-state index in [-0.39, 0.29) is 15.5 Å². The molecule has 0 fully saturated rings. The van der Waals surface area contributed by atoms with E-state index in [1.807, 2.05) is 6.92 Å². The lowest BCUT2D eigenvalue weighted by Gasteiger charge is -2.22. The SMILES string of the molecule is Cc1ccc(S(=O)(=O)N(CC(=O)N/N=C\c2ccc(Cl)c(Cl)c2)Cc2c(F)cccc2Cl)cc1. The van der Waals surface area contributed by atoms with Crippen LogP contribution in [0.25, 0.3) is 0 Å². The van der Waals surface area contributed by atoms with Gasteiger partial charge in [0.15, 0.2) is 0 Å². The van der Waals surface area contributed by atoms with Gasteiger partial charge in [0.25, 0.3) is 5.91 Å². The highest BCUT2D eigenvalue weighted by atomic mass is 35.5. The maximum Gasteiger partial charge on any atom is 0.255 e. The molecule has 0 unspecified atom stereocenters. The highest BCUT2D eigenvalue weighted by Gasteiger charge is 2.28. The van der Waals surface area contributed by atoms with Crippen molar-refractivity contribution in [2.24, 2.45) is 5.10 Å². The van der Waals surface area contributed by atoms with E-state index >= 15 is 0 Å². The van der Waals surface area contributed by atoms with Crippen molar-refractivity contribution in [3.63, 3.8) is 0 Å². The zero-order valence-electron chi connectivity index (χ0n) is 17.8. The third-order valence-electron chi connectivity index (χ3n) is 4.72. The number of carbonyl (C=O) groups is 1. The molecule has 0 spiro atoms. The number of hydrazone groups is 1. The van der Waals surface area contributed by atoms with E-state index in [1.54, 1.807) is 30.3 Å². The highest BCUT2D eigenvalue weighted by Crippen LogP contribution is 2.25. The smallest absolute Gasteiger partial charge is 0.255 e. The molecular weight excluding hydrogens is 524 g/mol. The molecule has 0 heterocycles. The summed E-state index contributed by atoms with van der Waals surface area (Å²) in [5.41, 5.74) is 3.64. The van der Waals surface area contributed by atoms with E-state index in [0.29, 0.717) is 15.6 Å². The summed E-state index contributed by atoms with van der Waals surface area (Å²) in [5, 5.41) is 4.55. The minimum atomic E-state index is -4.17. The summed E-state index contributed by atoms with van der Waals surface area (Å²) in [6.07, 6.45) is 1.33. The van der Waals surface area contributed by atoms with Crippen molar-refractivity contribution in [2.45, 2.75) is 18.4 Å².